The quantitative estimate of drug-likeness (QED) is 0.515. The van der Waals surface area contributed by atoms with E-state index in [9.17, 15) is 4.79 Å². The minimum Gasteiger partial charge on any atom is -0.357 e. The molecule has 0 aliphatic carbocycles. The Kier molecular flexibility index (Phi) is 7.55. The van der Waals surface area contributed by atoms with Gasteiger partial charge in [-0.05, 0) is 73.0 Å². The number of amides is 2. The third-order valence-electron chi connectivity index (χ3n) is 5.39. The van der Waals surface area contributed by atoms with Crippen molar-refractivity contribution in [3.8, 4) is 0 Å². The van der Waals surface area contributed by atoms with E-state index >= 15 is 0 Å². The molecule has 0 saturated carbocycles. The number of aryl methyl sites for hydroxylation is 1. The van der Waals surface area contributed by atoms with Crippen molar-refractivity contribution in [2.45, 2.75) is 49.2 Å². The fraction of sp³-hybridized carbons (Fsp3) is 0.333. The molecule has 1 aliphatic heterocycles. The average molecular weight is 449 g/mol. The lowest BCUT2D eigenvalue weighted by molar-refractivity contribution is 0.251. The molecule has 1 aliphatic rings. The van der Waals surface area contributed by atoms with Crippen LogP contribution in [0.2, 0.25) is 0 Å². The number of benzene rings is 1. The summed E-state index contributed by atoms with van der Waals surface area (Å²) in [4.78, 5) is 28.8. The summed E-state index contributed by atoms with van der Waals surface area (Å²) in [6.07, 6.45) is 10.4. The van der Waals surface area contributed by atoms with Gasteiger partial charge >= 0.3 is 6.03 Å². The molecule has 2 aromatic heterocycles. The molecule has 0 unspecified atom stereocenters. The van der Waals surface area contributed by atoms with E-state index in [1.165, 1.54) is 37.4 Å². The Labute approximate surface area is 193 Å². The fourth-order valence-electron chi connectivity index (χ4n) is 3.64. The minimum atomic E-state index is -0.239. The second kappa shape index (κ2) is 10.9. The van der Waals surface area contributed by atoms with E-state index in [1.807, 2.05) is 37.4 Å². The number of carbonyl (C=O) groups is 1. The summed E-state index contributed by atoms with van der Waals surface area (Å²) >= 11 is 1.49. The zero-order valence-corrected chi connectivity index (χ0v) is 19.1. The normalized spacial score (nSPS) is 14.0. The summed E-state index contributed by atoms with van der Waals surface area (Å²) in [6.45, 7) is 4.54. The standard InChI is InChI=1S/C24H28N6OS/c1-18-15-20(32-24-25-11-6-12-26-24)8-9-21(18)29-23(31)28-17-19-7-10-22(27-16-19)30-13-4-2-3-5-14-30/h6-12,15-16H,2-5,13-14,17H2,1H3,(H2,28,29,31). The highest BCUT2D eigenvalue weighted by Gasteiger charge is 2.11. The number of pyridine rings is 1. The van der Waals surface area contributed by atoms with Crippen LogP contribution in [0.4, 0.5) is 16.3 Å². The lowest BCUT2D eigenvalue weighted by Gasteiger charge is -2.21. The van der Waals surface area contributed by atoms with E-state index in [0.717, 1.165) is 40.6 Å². The number of hydrogen-bond donors (Lipinski definition) is 2. The van der Waals surface area contributed by atoms with E-state index in [0.29, 0.717) is 11.7 Å². The number of hydrogen-bond acceptors (Lipinski definition) is 6. The maximum atomic E-state index is 12.4. The minimum absolute atomic E-state index is 0.239. The average Bonchev–Trinajstić information content (AvgIpc) is 3.10. The second-order valence-corrected chi connectivity index (χ2v) is 8.88. The monoisotopic (exact) mass is 448 g/mol. The number of aromatic nitrogens is 3. The molecular weight excluding hydrogens is 420 g/mol. The summed E-state index contributed by atoms with van der Waals surface area (Å²) in [6, 6.07) is 11.5. The molecule has 3 heterocycles. The van der Waals surface area contributed by atoms with Crippen molar-refractivity contribution >= 4 is 29.3 Å². The molecule has 0 spiro atoms. The van der Waals surface area contributed by atoms with Gasteiger partial charge in [-0.1, -0.05) is 18.9 Å². The van der Waals surface area contributed by atoms with Gasteiger partial charge < -0.3 is 15.5 Å². The van der Waals surface area contributed by atoms with Gasteiger partial charge in [0.25, 0.3) is 0 Å². The van der Waals surface area contributed by atoms with Crippen molar-refractivity contribution in [3.05, 3.63) is 66.1 Å². The van der Waals surface area contributed by atoms with Gasteiger partial charge in [0.1, 0.15) is 5.82 Å². The number of carbonyl (C=O) groups excluding carboxylic acids is 1. The molecule has 1 aromatic carbocycles. The van der Waals surface area contributed by atoms with Gasteiger partial charge in [0.05, 0.1) is 0 Å². The Morgan fingerprint density at radius 1 is 1.03 bits per heavy atom. The Bertz CT molecular complexity index is 1020. The predicted octanol–water partition coefficient (Wildman–Crippen LogP) is 5.03. The van der Waals surface area contributed by atoms with Gasteiger partial charge in [0.15, 0.2) is 5.16 Å². The molecule has 166 valence electrons. The molecule has 1 saturated heterocycles. The number of anilines is 2. The Balaban J connectivity index is 1.28. The molecule has 4 rings (SSSR count). The van der Waals surface area contributed by atoms with Crippen LogP contribution < -0.4 is 15.5 Å². The van der Waals surface area contributed by atoms with Gasteiger partial charge in [0.2, 0.25) is 0 Å². The highest BCUT2D eigenvalue weighted by Crippen LogP contribution is 2.27. The molecule has 0 radical (unpaired) electrons. The molecule has 2 N–H and O–H groups in total. The first-order valence-electron chi connectivity index (χ1n) is 11.0. The summed E-state index contributed by atoms with van der Waals surface area (Å²) in [5.41, 5.74) is 2.73. The van der Waals surface area contributed by atoms with Crippen LogP contribution in [0.5, 0.6) is 0 Å². The largest absolute Gasteiger partial charge is 0.357 e. The van der Waals surface area contributed by atoms with Gasteiger partial charge in [-0.2, -0.15) is 0 Å². The molecule has 0 atom stereocenters. The number of nitrogens with zero attached hydrogens (tertiary/aromatic N) is 4. The van der Waals surface area contributed by atoms with Crippen molar-refractivity contribution < 1.29 is 4.79 Å². The number of nitrogens with one attached hydrogen (secondary N) is 2. The van der Waals surface area contributed by atoms with Crippen LogP contribution in [0.25, 0.3) is 0 Å². The van der Waals surface area contributed by atoms with E-state index < -0.39 is 0 Å². The first kappa shape index (κ1) is 22.1. The first-order chi connectivity index (χ1) is 15.7. The van der Waals surface area contributed by atoms with Crippen LogP contribution in [0, 0.1) is 6.92 Å². The lowest BCUT2D eigenvalue weighted by atomic mass is 10.2. The van der Waals surface area contributed by atoms with Gasteiger partial charge in [-0.3, -0.25) is 0 Å². The third kappa shape index (κ3) is 6.20. The second-order valence-electron chi connectivity index (χ2n) is 7.84. The highest BCUT2D eigenvalue weighted by atomic mass is 32.2. The van der Waals surface area contributed by atoms with E-state index in [1.54, 1.807) is 18.5 Å². The smallest absolute Gasteiger partial charge is 0.319 e. The SMILES string of the molecule is Cc1cc(Sc2ncccn2)ccc1NC(=O)NCc1ccc(N2CCCCCC2)nc1. The molecule has 3 aromatic rings. The van der Waals surface area contributed by atoms with Crippen molar-refractivity contribution in [3.63, 3.8) is 0 Å². The van der Waals surface area contributed by atoms with E-state index in [4.69, 9.17) is 0 Å². The molecular formula is C24H28N6OS. The zero-order chi connectivity index (χ0) is 22.2. The van der Waals surface area contributed by atoms with Crippen LogP contribution >= 0.6 is 11.8 Å². The summed E-state index contributed by atoms with van der Waals surface area (Å²) in [5.74, 6) is 1.02. The molecule has 7 nitrogen and oxygen atoms in total. The molecule has 0 bridgehead atoms. The summed E-state index contributed by atoms with van der Waals surface area (Å²) in [7, 11) is 0. The molecule has 32 heavy (non-hydrogen) atoms. The van der Waals surface area contributed by atoms with Gasteiger partial charge in [-0.15, -0.1) is 0 Å². The maximum Gasteiger partial charge on any atom is 0.319 e. The highest BCUT2D eigenvalue weighted by molar-refractivity contribution is 7.99. The lowest BCUT2D eigenvalue weighted by Crippen LogP contribution is -2.28. The van der Waals surface area contributed by atoms with Crippen LogP contribution in [0.3, 0.4) is 0 Å². The third-order valence-corrected chi connectivity index (χ3v) is 6.27. The Morgan fingerprint density at radius 2 is 1.81 bits per heavy atom. The molecule has 1 fully saturated rings. The summed E-state index contributed by atoms with van der Waals surface area (Å²) < 4.78 is 0. The van der Waals surface area contributed by atoms with E-state index in [2.05, 4.69) is 36.6 Å². The number of rotatable bonds is 6. The predicted molar refractivity (Wildman–Crippen MR) is 128 cm³/mol. The van der Waals surface area contributed by atoms with Crippen molar-refractivity contribution in [2.75, 3.05) is 23.3 Å². The topological polar surface area (TPSA) is 83.0 Å². The van der Waals surface area contributed by atoms with Gasteiger partial charge in [-0.25, -0.2) is 19.7 Å². The van der Waals surface area contributed by atoms with Crippen LogP contribution in [-0.4, -0.2) is 34.1 Å². The van der Waals surface area contributed by atoms with Crippen LogP contribution in [0.1, 0.15) is 36.8 Å². The maximum absolute atomic E-state index is 12.4. The summed E-state index contributed by atoms with van der Waals surface area (Å²) in [5, 5.41) is 6.53. The number of urea groups is 1. The first-order valence-corrected chi connectivity index (χ1v) is 11.8. The van der Waals surface area contributed by atoms with Crippen molar-refractivity contribution in [1.82, 2.24) is 20.3 Å². The molecule has 2 amide bonds. The Hall–Kier alpha value is -3.13. The van der Waals surface area contributed by atoms with Crippen molar-refractivity contribution in [2.24, 2.45) is 0 Å². The fourth-order valence-corrected chi connectivity index (χ4v) is 4.45. The zero-order valence-electron chi connectivity index (χ0n) is 18.3. The van der Waals surface area contributed by atoms with Gasteiger partial charge in [0, 0.05) is 48.8 Å². The Morgan fingerprint density at radius 3 is 2.50 bits per heavy atom. The van der Waals surface area contributed by atoms with Crippen LogP contribution in [-0.2, 0) is 6.54 Å². The van der Waals surface area contributed by atoms with Crippen molar-refractivity contribution in [1.29, 1.82) is 0 Å². The van der Waals surface area contributed by atoms with Crippen LogP contribution in [0.15, 0.2) is 65.0 Å². The van der Waals surface area contributed by atoms with E-state index in [-0.39, 0.29) is 6.03 Å². The molecule has 8 heteroatoms.